The van der Waals surface area contributed by atoms with Gasteiger partial charge >= 0.3 is 0 Å². The summed E-state index contributed by atoms with van der Waals surface area (Å²) in [5, 5.41) is 19.5. The van der Waals surface area contributed by atoms with E-state index in [2.05, 4.69) is 240 Å². The maximum absolute atomic E-state index is 15.5. The maximum Gasteiger partial charge on any atom is 0.230 e. The minimum atomic E-state index is -0.747. The Morgan fingerprint density at radius 3 is 1.41 bits per heavy atom. The SMILES string of the molecule is CCC(C)(C)C(=O)NC1=CC(=[N+](CC(CCC(C)CC(C)(C)C)C(C)CC(C)(C)C)c2ccc(-c3ccccc3)cc2)C=C/C1=C1\C(=O)C(c2ccc(N(CC(CCC(C)CC(C)(C)C)C(C)CC(C)(C)C)c3ccc(-c4ccccc4)cc3)cc2NC(=O)C(C)(C)CC)=C1O. The summed E-state index contributed by atoms with van der Waals surface area (Å²) < 4.78 is 2.40. The van der Waals surface area contributed by atoms with Crippen LogP contribution in [0.25, 0.3) is 27.8 Å². The Balaban J connectivity index is 1.42. The van der Waals surface area contributed by atoms with Gasteiger partial charge in [0.2, 0.25) is 29.0 Å². The second-order valence-electron chi connectivity index (χ2n) is 35.2. The molecule has 0 bridgehead atoms. The first-order valence-electron chi connectivity index (χ1n) is 36.4. The summed E-state index contributed by atoms with van der Waals surface area (Å²) in [4.78, 5) is 47.2. The zero-order valence-electron chi connectivity index (χ0n) is 63.4. The monoisotopic (exact) mass is 1300 g/mol. The molecule has 0 radical (unpaired) electrons. The number of nitrogens with one attached hydrogen (secondary N) is 2. The van der Waals surface area contributed by atoms with Crippen LogP contribution in [0.15, 0.2) is 168 Å². The smallest absolute Gasteiger partial charge is 0.230 e. The van der Waals surface area contributed by atoms with Gasteiger partial charge in [-0.25, -0.2) is 0 Å². The number of rotatable bonds is 28. The normalized spacial score (nSPS) is 17.4. The van der Waals surface area contributed by atoms with E-state index in [1.54, 1.807) is 0 Å². The van der Waals surface area contributed by atoms with Gasteiger partial charge in [0.05, 0.1) is 22.5 Å². The number of aliphatic hydroxyl groups is 1. The van der Waals surface area contributed by atoms with Crippen LogP contribution in [-0.2, 0) is 14.4 Å². The van der Waals surface area contributed by atoms with E-state index in [1.807, 2.05) is 78.0 Å². The fourth-order valence-corrected chi connectivity index (χ4v) is 14.6. The maximum atomic E-state index is 15.5. The molecule has 0 aromatic heterocycles. The van der Waals surface area contributed by atoms with Crippen molar-refractivity contribution < 1.29 is 24.1 Å². The highest BCUT2D eigenvalue weighted by Gasteiger charge is 2.42. The molecule has 3 N–H and O–H groups in total. The molecular formula is C88H123N4O4+. The van der Waals surface area contributed by atoms with Gasteiger partial charge in [-0.1, -0.05) is 238 Å². The molecule has 8 nitrogen and oxygen atoms in total. The molecule has 0 saturated carbocycles. The Morgan fingerprint density at radius 2 is 0.938 bits per heavy atom. The van der Waals surface area contributed by atoms with Gasteiger partial charge in [0.1, 0.15) is 5.76 Å². The summed E-state index contributed by atoms with van der Waals surface area (Å²) in [7, 11) is 0. The van der Waals surface area contributed by atoms with E-state index in [1.165, 1.54) is 0 Å². The van der Waals surface area contributed by atoms with Crippen LogP contribution in [0.1, 0.15) is 222 Å². The van der Waals surface area contributed by atoms with Crippen LogP contribution >= 0.6 is 0 Å². The van der Waals surface area contributed by atoms with E-state index in [4.69, 9.17) is 0 Å². The van der Waals surface area contributed by atoms with Crippen molar-refractivity contribution in [3.8, 4) is 22.3 Å². The van der Waals surface area contributed by atoms with Gasteiger partial charge < -0.3 is 20.6 Å². The highest BCUT2D eigenvalue weighted by Crippen LogP contribution is 2.46. The van der Waals surface area contributed by atoms with Crippen LogP contribution in [0.5, 0.6) is 0 Å². The quantitative estimate of drug-likeness (QED) is 0.0342. The number of hydrogen-bond acceptors (Lipinski definition) is 5. The predicted octanol–water partition coefficient (Wildman–Crippen LogP) is 23.6. The first-order chi connectivity index (χ1) is 44.8. The number of aliphatic hydroxyl groups excluding tert-OH is 1. The topological polar surface area (TPSA) is 102 Å². The lowest BCUT2D eigenvalue weighted by Gasteiger charge is -2.36. The van der Waals surface area contributed by atoms with Crippen molar-refractivity contribution in [2.75, 3.05) is 23.3 Å². The summed E-state index contributed by atoms with van der Waals surface area (Å²) >= 11 is 0. The Hall–Kier alpha value is -7.06. The van der Waals surface area contributed by atoms with Crippen LogP contribution in [-0.4, -0.2) is 46.1 Å². The summed E-state index contributed by atoms with van der Waals surface area (Å²) in [6.45, 7) is 50.9. The third-order valence-corrected chi connectivity index (χ3v) is 20.5. The number of amides is 2. The van der Waals surface area contributed by atoms with Crippen molar-refractivity contribution in [3.05, 3.63) is 174 Å². The van der Waals surface area contributed by atoms with Gasteiger partial charge in [0, 0.05) is 70.1 Å². The molecule has 0 aliphatic heterocycles. The van der Waals surface area contributed by atoms with Crippen LogP contribution in [0.4, 0.5) is 22.7 Å². The average Bonchev–Trinajstić information content (AvgIpc) is 0.732. The fourth-order valence-electron chi connectivity index (χ4n) is 14.6. The van der Waals surface area contributed by atoms with Crippen molar-refractivity contribution in [3.63, 3.8) is 0 Å². The Morgan fingerprint density at radius 1 is 0.500 bits per heavy atom. The van der Waals surface area contributed by atoms with Gasteiger partial charge in [-0.05, 0) is 173 Å². The number of anilines is 3. The van der Waals surface area contributed by atoms with E-state index < -0.39 is 10.8 Å². The minimum absolute atomic E-state index is 0.121. The molecule has 8 heteroatoms. The van der Waals surface area contributed by atoms with Gasteiger partial charge in [0.15, 0.2) is 6.54 Å². The number of hydrogen-bond donors (Lipinski definition) is 3. The third kappa shape index (κ3) is 21.0. The second-order valence-corrected chi connectivity index (χ2v) is 35.2. The first-order valence-corrected chi connectivity index (χ1v) is 36.4. The van der Waals surface area contributed by atoms with Crippen LogP contribution in [0.3, 0.4) is 0 Å². The van der Waals surface area contributed by atoms with Gasteiger partial charge in [0.25, 0.3) is 0 Å². The molecule has 0 saturated heterocycles. The lowest BCUT2D eigenvalue weighted by Crippen LogP contribution is -2.38. The van der Waals surface area contributed by atoms with E-state index in [0.29, 0.717) is 70.9 Å². The molecule has 518 valence electrons. The van der Waals surface area contributed by atoms with Gasteiger partial charge in [-0.15, -0.1) is 0 Å². The van der Waals surface area contributed by atoms with Crippen molar-refractivity contribution in [2.24, 2.45) is 68.0 Å². The summed E-state index contributed by atoms with van der Waals surface area (Å²) in [5.41, 5.74) is 9.52. The molecule has 5 aromatic carbocycles. The highest BCUT2D eigenvalue weighted by molar-refractivity contribution is 6.40. The van der Waals surface area contributed by atoms with Crippen LogP contribution in [0.2, 0.25) is 0 Å². The zero-order valence-corrected chi connectivity index (χ0v) is 63.4. The summed E-state index contributed by atoms with van der Waals surface area (Å²) in [6, 6.07) is 44.5. The lowest BCUT2D eigenvalue weighted by molar-refractivity contribution is -0.450. The largest absolute Gasteiger partial charge is 0.506 e. The summed E-state index contributed by atoms with van der Waals surface area (Å²) in [5.74, 6) is 1.61. The second kappa shape index (κ2) is 31.6. The number of benzene rings is 5. The van der Waals surface area contributed by atoms with Crippen molar-refractivity contribution in [1.29, 1.82) is 0 Å². The summed E-state index contributed by atoms with van der Waals surface area (Å²) in [6.07, 6.45) is 15.9. The van der Waals surface area contributed by atoms with E-state index in [-0.39, 0.29) is 56.2 Å². The van der Waals surface area contributed by atoms with Crippen molar-refractivity contribution >= 4 is 51.6 Å². The Bertz CT molecular complexity index is 3620. The molecule has 6 atom stereocenters. The molecule has 2 aliphatic carbocycles. The van der Waals surface area contributed by atoms with Crippen molar-refractivity contribution in [2.45, 2.75) is 217 Å². The highest BCUT2D eigenvalue weighted by atomic mass is 16.3. The molecule has 0 spiro atoms. The number of carbonyl (C=O) groups excluding carboxylic acids is 3. The molecular weight excluding hydrogens is 1180 g/mol. The lowest BCUT2D eigenvalue weighted by atomic mass is 9.76. The number of carbonyl (C=O) groups is 3. The molecule has 6 unspecified atom stereocenters. The van der Waals surface area contributed by atoms with Crippen LogP contribution in [0, 0.1) is 68.0 Å². The number of ketones is 1. The number of allylic oxidation sites excluding steroid dienone is 5. The molecule has 0 fully saturated rings. The van der Waals surface area contributed by atoms with Gasteiger partial charge in [-0.3, -0.25) is 14.4 Å². The molecule has 2 aliphatic rings. The molecule has 7 rings (SSSR count). The standard InChI is InChI=1S/C88H122N4O4/c1-23-87(19,20)81(95)89-75-51-71(91(69-43-39-65(40-44-69)63-31-27-25-28-32-63)57-67(61(5)55-85(13,14)15)37-35-59(3)53-83(7,8)9)47-49-73(75)77-79(93)78(80(77)94)74-50-48-72(52-76(74)90-82(96)88(21,22)24-2)92(70-45-41-66(42-46-70)64-33-29-26-30-34-64)58-68(62(6)56-86(16,17)18)38-36-60(4)54-84(10,11)12/h25-34,39-52,59-62,67-68H,23-24,35-38,53-58H2,1-22H3,(H2,89,90,93,94,95,96)/p+1. The Kier molecular flexibility index (Phi) is 25.2. The third-order valence-electron chi connectivity index (χ3n) is 20.5. The van der Waals surface area contributed by atoms with Gasteiger partial charge in [-0.2, -0.15) is 4.58 Å². The first kappa shape index (κ1) is 76.3. The minimum Gasteiger partial charge on any atom is -0.506 e. The number of nitrogens with zero attached hydrogens (tertiary/aromatic N) is 2. The fraction of sp³-hybridized carbons (Fsp3) is 0.523. The molecule has 0 heterocycles. The predicted molar refractivity (Wildman–Crippen MR) is 409 cm³/mol. The van der Waals surface area contributed by atoms with E-state index in [9.17, 15) is 14.7 Å². The van der Waals surface area contributed by atoms with Crippen LogP contribution < -0.4 is 15.5 Å². The van der Waals surface area contributed by atoms with Crippen molar-refractivity contribution in [1.82, 2.24) is 5.32 Å². The molecule has 96 heavy (non-hydrogen) atoms. The molecule has 2 amide bonds. The van der Waals surface area contributed by atoms with E-state index in [0.717, 1.165) is 109 Å². The Labute approximate surface area is 581 Å². The molecule has 5 aromatic rings. The van der Waals surface area contributed by atoms with E-state index >= 15 is 4.79 Å². The average molecular weight is 1300 g/mol. The zero-order chi connectivity index (χ0) is 70.9. The number of Topliss-reactive ketones (excluding diaryl/α,β-unsaturated/α-hetero) is 1.